The summed E-state index contributed by atoms with van der Waals surface area (Å²) in [7, 11) is -4.46. The molecule has 16 heavy (non-hydrogen) atoms. The van der Waals surface area contributed by atoms with Gasteiger partial charge in [0.25, 0.3) is 10.1 Å². The standard InChI is InChI=1S/C10H20O5S/c1-2-3-4-5-6-7-9(12)10(8-11)16(13,14)15/h10-11H,2-8H2,1H3,(H,13,14,15). The van der Waals surface area contributed by atoms with Crippen LogP contribution in [0.2, 0.25) is 0 Å². The van der Waals surface area contributed by atoms with Crippen molar-refractivity contribution in [2.45, 2.75) is 50.7 Å². The van der Waals surface area contributed by atoms with Gasteiger partial charge in [-0.25, -0.2) is 0 Å². The molecule has 0 aliphatic rings. The first-order valence-electron chi connectivity index (χ1n) is 5.53. The van der Waals surface area contributed by atoms with E-state index in [1.54, 1.807) is 0 Å². The number of unbranched alkanes of at least 4 members (excludes halogenated alkanes) is 4. The third kappa shape index (κ3) is 6.19. The molecular weight excluding hydrogens is 232 g/mol. The lowest BCUT2D eigenvalue weighted by Gasteiger charge is -2.09. The van der Waals surface area contributed by atoms with Gasteiger partial charge in [0.05, 0.1) is 6.61 Å². The number of hydrogen-bond acceptors (Lipinski definition) is 4. The van der Waals surface area contributed by atoms with Crippen LogP contribution in [0.5, 0.6) is 0 Å². The molecule has 0 saturated heterocycles. The zero-order valence-electron chi connectivity index (χ0n) is 9.55. The summed E-state index contributed by atoms with van der Waals surface area (Å²) in [6, 6.07) is 0. The third-order valence-corrected chi connectivity index (χ3v) is 3.54. The average molecular weight is 252 g/mol. The summed E-state index contributed by atoms with van der Waals surface area (Å²) in [5.74, 6) is -0.610. The Bertz CT molecular complexity index is 296. The first kappa shape index (κ1) is 15.5. The minimum absolute atomic E-state index is 0.0920. The fraction of sp³-hybridized carbons (Fsp3) is 0.900. The maximum absolute atomic E-state index is 11.4. The highest BCUT2D eigenvalue weighted by atomic mass is 32.2. The van der Waals surface area contributed by atoms with Gasteiger partial charge >= 0.3 is 0 Å². The summed E-state index contributed by atoms with van der Waals surface area (Å²) in [5.41, 5.74) is 0. The first-order chi connectivity index (χ1) is 7.43. The number of rotatable bonds is 9. The molecule has 96 valence electrons. The second kappa shape index (κ2) is 7.76. The molecule has 0 spiro atoms. The van der Waals surface area contributed by atoms with E-state index in [1.165, 1.54) is 0 Å². The van der Waals surface area contributed by atoms with Crippen LogP contribution in [0.3, 0.4) is 0 Å². The predicted molar refractivity (Wildman–Crippen MR) is 60.8 cm³/mol. The van der Waals surface area contributed by atoms with E-state index in [9.17, 15) is 13.2 Å². The lowest BCUT2D eigenvalue weighted by atomic mass is 10.1. The molecule has 0 aromatic carbocycles. The van der Waals surface area contributed by atoms with Crippen molar-refractivity contribution in [1.29, 1.82) is 0 Å². The summed E-state index contributed by atoms with van der Waals surface area (Å²) >= 11 is 0. The van der Waals surface area contributed by atoms with Crippen molar-refractivity contribution in [2.24, 2.45) is 0 Å². The van der Waals surface area contributed by atoms with Crippen LogP contribution < -0.4 is 0 Å². The van der Waals surface area contributed by atoms with E-state index in [0.29, 0.717) is 6.42 Å². The van der Waals surface area contributed by atoms with Gasteiger partial charge in [-0.3, -0.25) is 9.35 Å². The Morgan fingerprint density at radius 3 is 2.19 bits per heavy atom. The summed E-state index contributed by atoms with van der Waals surface area (Å²) in [4.78, 5) is 11.4. The van der Waals surface area contributed by atoms with Gasteiger partial charge in [0.15, 0.2) is 11.0 Å². The number of carbonyl (C=O) groups is 1. The van der Waals surface area contributed by atoms with Crippen LogP contribution in [0.25, 0.3) is 0 Å². The number of ketones is 1. The van der Waals surface area contributed by atoms with Gasteiger partial charge in [0.2, 0.25) is 0 Å². The minimum Gasteiger partial charge on any atom is -0.394 e. The van der Waals surface area contributed by atoms with Crippen LogP contribution in [0.15, 0.2) is 0 Å². The highest BCUT2D eigenvalue weighted by Gasteiger charge is 2.29. The van der Waals surface area contributed by atoms with Crippen LogP contribution in [0, 0.1) is 0 Å². The van der Waals surface area contributed by atoms with Crippen molar-refractivity contribution < 1.29 is 22.9 Å². The molecular formula is C10H20O5S. The Kier molecular flexibility index (Phi) is 7.53. The molecule has 0 aromatic heterocycles. The molecule has 0 rings (SSSR count). The second-order valence-electron chi connectivity index (χ2n) is 3.82. The summed E-state index contributed by atoms with van der Waals surface area (Å²) in [5, 5.41) is 7.04. The van der Waals surface area contributed by atoms with Crippen molar-refractivity contribution in [3.63, 3.8) is 0 Å². The zero-order chi connectivity index (χ0) is 12.6. The molecule has 2 N–H and O–H groups in total. The molecule has 0 aliphatic carbocycles. The van der Waals surface area contributed by atoms with E-state index in [1.807, 2.05) is 0 Å². The Hall–Kier alpha value is -0.460. The van der Waals surface area contributed by atoms with Crippen LogP contribution in [-0.2, 0) is 14.9 Å². The summed E-state index contributed by atoms with van der Waals surface area (Å²) < 4.78 is 30.1. The zero-order valence-corrected chi connectivity index (χ0v) is 10.4. The number of aliphatic hydroxyl groups is 1. The molecule has 1 atom stereocenters. The molecule has 5 nitrogen and oxygen atoms in total. The fourth-order valence-corrected chi connectivity index (χ4v) is 2.06. The number of Topliss-reactive ketones (excluding diaryl/α,β-unsaturated/α-hetero) is 1. The van der Waals surface area contributed by atoms with Gasteiger partial charge in [0, 0.05) is 6.42 Å². The van der Waals surface area contributed by atoms with Crippen molar-refractivity contribution in [3.8, 4) is 0 Å². The molecule has 0 aliphatic heterocycles. The van der Waals surface area contributed by atoms with Crippen LogP contribution in [0.1, 0.15) is 45.4 Å². The van der Waals surface area contributed by atoms with Crippen LogP contribution >= 0.6 is 0 Å². The minimum atomic E-state index is -4.46. The fourth-order valence-electron chi connectivity index (χ4n) is 1.43. The Balaban J connectivity index is 3.96. The van der Waals surface area contributed by atoms with Gasteiger partial charge in [-0.2, -0.15) is 8.42 Å². The van der Waals surface area contributed by atoms with E-state index in [0.717, 1.165) is 25.7 Å². The monoisotopic (exact) mass is 252 g/mol. The highest BCUT2D eigenvalue weighted by molar-refractivity contribution is 7.87. The molecule has 0 radical (unpaired) electrons. The molecule has 0 saturated carbocycles. The van der Waals surface area contributed by atoms with Gasteiger partial charge < -0.3 is 5.11 Å². The maximum Gasteiger partial charge on any atom is 0.277 e. The second-order valence-corrected chi connectivity index (χ2v) is 5.42. The van der Waals surface area contributed by atoms with Gasteiger partial charge in [0.1, 0.15) is 0 Å². The van der Waals surface area contributed by atoms with E-state index < -0.39 is 27.8 Å². The third-order valence-electron chi connectivity index (χ3n) is 2.41. The topological polar surface area (TPSA) is 91.7 Å². The quantitative estimate of drug-likeness (QED) is 0.474. The number of aliphatic hydroxyl groups excluding tert-OH is 1. The van der Waals surface area contributed by atoms with Crippen LogP contribution in [0.4, 0.5) is 0 Å². The first-order valence-corrected chi connectivity index (χ1v) is 7.03. The van der Waals surface area contributed by atoms with E-state index in [4.69, 9.17) is 9.66 Å². The van der Waals surface area contributed by atoms with Gasteiger partial charge in [-0.15, -0.1) is 0 Å². The number of carbonyl (C=O) groups excluding carboxylic acids is 1. The Morgan fingerprint density at radius 2 is 1.75 bits per heavy atom. The van der Waals surface area contributed by atoms with E-state index >= 15 is 0 Å². The molecule has 1 unspecified atom stereocenters. The van der Waals surface area contributed by atoms with Crippen LogP contribution in [-0.4, -0.2) is 35.7 Å². The van der Waals surface area contributed by atoms with Crippen molar-refractivity contribution in [3.05, 3.63) is 0 Å². The highest BCUT2D eigenvalue weighted by Crippen LogP contribution is 2.09. The maximum atomic E-state index is 11.4. The van der Waals surface area contributed by atoms with Gasteiger partial charge in [-0.1, -0.05) is 32.6 Å². The van der Waals surface area contributed by atoms with Gasteiger partial charge in [-0.05, 0) is 6.42 Å². The Labute approximate surface area is 96.6 Å². The predicted octanol–water partition coefficient (Wildman–Crippen LogP) is 1.16. The van der Waals surface area contributed by atoms with Crippen molar-refractivity contribution >= 4 is 15.9 Å². The normalized spacial score (nSPS) is 13.7. The number of hydrogen-bond donors (Lipinski definition) is 2. The Morgan fingerprint density at radius 1 is 1.19 bits per heavy atom. The lowest BCUT2D eigenvalue weighted by Crippen LogP contribution is -2.33. The van der Waals surface area contributed by atoms with E-state index in [-0.39, 0.29) is 6.42 Å². The molecule has 6 heteroatoms. The largest absolute Gasteiger partial charge is 0.394 e. The molecule has 0 heterocycles. The molecule has 0 fully saturated rings. The van der Waals surface area contributed by atoms with Crippen molar-refractivity contribution in [1.82, 2.24) is 0 Å². The smallest absolute Gasteiger partial charge is 0.277 e. The SMILES string of the molecule is CCCCCCCC(=O)C(CO)S(=O)(=O)O. The average Bonchev–Trinajstić information content (AvgIpc) is 2.16. The summed E-state index contributed by atoms with van der Waals surface area (Å²) in [6.07, 6.45) is 4.76. The van der Waals surface area contributed by atoms with E-state index in [2.05, 4.69) is 6.92 Å². The molecule has 0 amide bonds. The summed E-state index contributed by atoms with van der Waals surface area (Å²) in [6.45, 7) is 1.22. The molecule has 0 bridgehead atoms. The van der Waals surface area contributed by atoms with Crippen molar-refractivity contribution in [2.75, 3.05) is 6.61 Å². The lowest BCUT2D eigenvalue weighted by molar-refractivity contribution is -0.119. The molecule has 0 aromatic rings.